The number of aliphatic hydroxyl groups is 2. The van der Waals surface area contributed by atoms with Crippen molar-refractivity contribution in [2.75, 3.05) is 14.2 Å². The summed E-state index contributed by atoms with van der Waals surface area (Å²) in [6.07, 6.45) is 1.42. The molecule has 1 atom stereocenters. The van der Waals surface area contributed by atoms with Crippen LogP contribution < -0.4 is 0 Å². The van der Waals surface area contributed by atoms with E-state index in [0.717, 1.165) is 10.8 Å². The summed E-state index contributed by atoms with van der Waals surface area (Å²) in [4.78, 5) is 24.7. The number of methoxy groups -OCH3 is 2. The number of esters is 2. The van der Waals surface area contributed by atoms with Gasteiger partial charge in [0, 0.05) is 0 Å². The predicted octanol–water partition coefficient (Wildman–Crippen LogP) is 3.01. The van der Waals surface area contributed by atoms with Crippen LogP contribution in [0.25, 0.3) is 16.8 Å². The van der Waals surface area contributed by atoms with E-state index in [1.165, 1.54) is 20.3 Å². The summed E-state index contributed by atoms with van der Waals surface area (Å²) in [7, 11) is 2.47. The number of ether oxygens (including phenoxy) is 2. The number of rotatable bonds is 3. The Balaban J connectivity index is 2.06. The molecule has 0 amide bonds. The Hall–Kier alpha value is -3.48. The average Bonchev–Trinajstić information content (AvgIpc) is 2.76. The molecule has 30 heavy (non-hydrogen) atoms. The monoisotopic (exact) mass is 404 g/mol. The lowest BCUT2D eigenvalue weighted by molar-refractivity contribution is -0.161. The number of carbonyl (C=O) groups is 2. The highest BCUT2D eigenvalue weighted by Crippen LogP contribution is 2.46. The summed E-state index contributed by atoms with van der Waals surface area (Å²) < 4.78 is 9.67. The largest absolute Gasteiger partial charge is 0.466 e. The second-order valence-corrected chi connectivity index (χ2v) is 7.12. The van der Waals surface area contributed by atoms with E-state index >= 15 is 0 Å². The Morgan fingerprint density at radius 2 is 1.53 bits per heavy atom. The zero-order chi connectivity index (χ0) is 21.5. The molecule has 1 unspecified atom stereocenters. The van der Waals surface area contributed by atoms with Gasteiger partial charge >= 0.3 is 11.9 Å². The van der Waals surface area contributed by atoms with Crippen molar-refractivity contribution in [3.05, 3.63) is 88.5 Å². The van der Waals surface area contributed by atoms with Crippen LogP contribution in [0.15, 0.2) is 66.2 Å². The Morgan fingerprint density at radius 1 is 0.867 bits per heavy atom. The molecule has 0 aliphatic heterocycles. The van der Waals surface area contributed by atoms with Crippen LogP contribution in [0, 0.1) is 0 Å². The maximum Gasteiger partial charge on any atom is 0.339 e. The number of carbonyl (C=O) groups excluding carboxylic acids is 2. The number of hydrogen-bond donors (Lipinski definition) is 2. The summed E-state index contributed by atoms with van der Waals surface area (Å²) >= 11 is 0. The van der Waals surface area contributed by atoms with Gasteiger partial charge in [0.25, 0.3) is 0 Å². The lowest BCUT2D eigenvalue weighted by Crippen LogP contribution is -2.44. The SMILES string of the molecule is COC(=O)C1=Cc2ccccc2C(c2cc(C(=O)OC)cc3ccccc23)C1(O)O. The Bertz CT molecular complexity index is 1190. The first kappa shape index (κ1) is 19.8. The van der Waals surface area contributed by atoms with Gasteiger partial charge in [-0.25, -0.2) is 9.59 Å². The maximum absolute atomic E-state index is 12.4. The normalized spacial score (nSPS) is 17.1. The fourth-order valence-electron chi connectivity index (χ4n) is 4.06. The van der Waals surface area contributed by atoms with Crippen molar-refractivity contribution < 1.29 is 29.3 Å². The van der Waals surface area contributed by atoms with Gasteiger partial charge in [0.05, 0.1) is 31.3 Å². The maximum atomic E-state index is 12.4. The number of benzene rings is 3. The predicted molar refractivity (Wildman–Crippen MR) is 111 cm³/mol. The fraction of sp³-hybridized carbons (Fsp3) is 0.167. The molecule has 1 aliphatic rings. The molecular formula is C24H20O6. The van der Waals surface area contributed by atoms with E-state index in [4.69, 9.17) is 9.47 Å². The summed E-state index contributed by atoms with van der Waals surface area (Å²) in [5.74, 6) is -4.98. The number of hydrogen-bond acceptors (Lipinski definition) is 6. The summed E-state index contributed by atoms with van der Waals surface area (Å²) in [6.45, 7) is 0. The standard InChI is InChI=1S/C24H20O6/c1-29-22(25)16-11-14-7-3-5-9-17(14)19(12-16)21-18-10-6-4-8-15(18)13-20(23(26)30-2)24(21,27)28/h3-13,21,27-28H,1-2H3. The molecule has 0 saturated heterocycles. The van der Waals surface area contributed by atoms with E-state index in [-0.39, 0.29) is 11.1 Å². The van der Waals surface area contributed by atoms with Crippen LogP contribution in [0.2, 0.25) is 0 Å². The first-order valence-electron chi connectivity index (χ1n) is 9.33. The molecule has 0 spiro atoms. The molecule has 4 rings (SSSR count). The minimum Gasteiger partial charge on any atom is -0.466 e. The zero-order valence-corrected chi connectivity index (χ0v) is 16.5. The second-order valence-electron chi connectivity index (χ2n) is 7.12. The highest BCUT2D eigenvalue weighted by Gasteiger charge is 2.48. The third-order valence-electron chi connectivity index (χ3n) is 5.44. The van der Waals surface area contributed by atoms with E-state index in [0.29, 0.717) is 16.7 Å². The van der Waals surface area contributed by atoms with Crippen molar-refractivity contribution in [1.29, 1.82) is 0 Å². The molecule has 1 aliphatic carbocycles. The van der Waals surface area contributed by atoms with Gasteiger partial charge in [-0.1, -0.05) is 48.5 Å². The molecule has 0 radical (unpaired) electrons. The summed E-state index contributed by atoms with van der Waals surface area (Å²) in [5, 5.41) is 23.9. The smallest absolute Gasteiger partial charge is 0.339 e. The van der Waals surface area contributed by atoms with Crippen LogP contribution >= 0.6 is 0 Å². The number of fused-ring (bicyclic) bond motifs is 2. The third-order valence-corrected chi connectivity index (χ3v) is 5.44. The van der Waals surface area contributed by atoms with Crippen LogP contribution in [0.4, 0.5) is 0 Å². The van der Waals surface area contributed by atoms with E-state index in [1.54, 1.807) is 36.4 Å². The van der Waals surface area contributed by atoms with Crippen molar-refractivity contribution in [2.45, 2.75) is 11.7 Å². The fourth-order valence-corrected chi connectivity index (χ4v) is 4.06. The van der Waals surface area contributed by atoms with Crippen LogP contribution in [0.3, 0.4) is 0 Å². The topological polar surface area (TPSA) is 93.1 Å². The molecule has 0 saturated carbocycles. The van der Waals surface area contributed by atoms with Gasteiger partial charge < -0.3 is 19.7 Å². The lowest BCUT2D eigenvalue weighted by Gasteiger charge is -2.37. The van der Waals surface area contributed by atoms with Gasteiger partial charge in [-0.2, -0.15) is 0 Å². The van der Waals surface area contributed by atoms with Gasteiger partial charge in [-0.15, -0.1) is 0 Å². The van der Waals surface area contributed by atoms with Crippen molar-refractivity contribution in [2.24, 2.45) is 0 Å². The molecule has 6 nitrogen and oxygen atoms in total. The van der Waals surface area contributed by atoms with Crippen molar-refractivity contribution in [3.63, 3.8) is 0 Å². The van der Waals surface area contributed by atoms with Gasteiger partial charge in [0.2, 0.25) is 5.79 Å². The third kappa shape index (κ3) is 3.07. The average molecular weight is 404 g/mol. The van der Waals surface area contributed by atoms with E-state index in [9.17, 15) is 19.8 Å². The molecule has 2 N–H and O–H groups in total. The zero-order valence-electron chi connectivity index (χ0n) is 16.5. The first-order chi connectivity index (χ1) is 14.4. The van der Waals surface area contributed by atoms with E-state index in [1.807, 2.05) is 24.3 Å². The molecule has 0 bridgehead atoms. The molecule has 0 heterocycles. The van der Waals surface area contributed by atoms with Gasteiger partial charge in [0.15, 0.2) is 0 Å². The first-order valence-corrected chi connectivity index (χ1v) is 9.33. The minimum atomic E-state index is -2.56. The molecule has 3 aromatic carbocycles. The van der Waals surface area contributed by atoms with E-state index in [2.05, 4.69) is 0 Å². The second kappa shape index (κ2) is 7.40. The Morgan fingerprint density at radius 3 is 2.27 bits per heavy atom. The lowest BCUT2D eigenvalue weighted by atomic mass is 9.73. The van der Waals surface area contributed by atoms with Crippen LogP contribution in [-0.2, 0) is 14.3 Å². The minimum absolute atomic E-state index is 0.272. The van der Waals surface area contributed by atoms with Crippen LogP contribution in [-0.4, -0.2) is 42.2 Å². The van der Waals surface area contributed by atoms with E-state index < -0.39 is 23.6 Å². The molecule has 6 heteroatoms. The Kier molecular flexibility index (Phi) is 4.89. The van der Waals surface area contributed by atoms with Gasteiger partial charge in [-0.05, 0) is 45.7 Å². The molecule has 0 aromatic heterocycles. The highest BCUT2D eigenvalue weighted by molar-refractivity contribution is 6.00. The van der Waals surface area contributed by atoms with Crippen molar-refractivity contribution >= 4 is 28.8 Å². The van der Waals surface area contributed by atoms with Crippen LogP contribution in [0.5, 0.6) is 0 Å². The van der Waals surface area contributed by atoms with Gasteiger partial charge in [0.1, 0.15) is 0 Å². The van der Waals surface area contributed by atoms with Crippen LogP contribution in [0.1, 0.15) is 33.0 Å². The van der Waals surface area contributed by atoms with Gasteiger partial charge in [-0.3, -0.25) is 0 Å². The Labute approximate surface area is 173 Å². The molecular weight excluding hydrogens is 384 g/mol. The van der Waals surface area contributed by atoms with Crippen molar-refractivity contribution in [3.8, 4) is 0 Å². The summed E-state index contributed by atoms with van der Waals surface area (Å²) in [6, 6.07) is 17.7. The summed E-state index contributed by atoms with van der Waals surface area (Å²) in [5.41, 5.74) is 1.76. The quantitative estimate of drug-likeness (QED) is 0.515. The highest BCUT2D eigenvalue weighted by atomic mass is 16.5. The van der Waals surface area contributed by atoms with Crippen molar-refractivity contribution in [1.82, 2.24) is 0 Å². The molecule has 152 valence electrons. The molecule has 3 aromatic rings. The molecule has 0 fully saturated rings.